The number of likely N-dealkylation sites (tertiary alicyclic amines) is 2. The summed E-state index contributed by atoms with van der Waals surface area (Å²) in [4.78, 5) is 39.6. The summed E-state index contributed by atoms with van der Waals surface area (Å²) in [5.74, 6) is 1.84. The van der Waals surface area contributed by atoms with Crippen LogP contribution in [0.25, 0.3) is 0 Å². The van der Waals surface area contributed by atoms with E-state index in [9.17, 15) is 14.4 Å². The van der Waals surface area contributed by atoms with E-state index in [-0.39, 0.29) is 29.4 Å². The van der Waals surface area contributed by atoms with Crippen LogP contribution in [0.5, 0.6) is 0 Å². The van der Waals surface area contributed by atoms with Crippen LogP contribution in [0.1, 0.15) is 75.3 Å². The van der Waals surface area contributed by atoms with Gasteiger partial charge in [0.15, 0.2) is 11.6 Å². The zero-order valence-electron chi connectivity index (χ0n) is 27.3. The van der Waals surface area contributed by atoms with Crippen LogP contribution in [0.3, 0.4) is 0 Å². The highest BCUT2D eigenvalue weighted by molar-refractivity contribution is 6.43. The van der Waals surface area contributed by atoms with Gasteiger partial charge in [0.05, 0.1) is 18.6 Å². The molecule has 3 fully saturated rings. The van der Waals surface area contributed by atoms with Crippen LogP contribution in [-0.4, -0.2) is 124 Å². The Bertz CT molecular complexity index is 1410. The molecule has 0 unspecified atom stereocenters. The summed E-state index contributed by atoms with van der Waals surface area (Å²) in [5, 5.41) is 31.1. The summed E-state index contributed by atoms with van der Waals surface area (Å²) >= 11 is 0. The number of hydrogen-bond donors (Lipinski definition) is 6. The molecule has 6 aliphatic rings. The largest absolute Gasteiger partial charge is 0.412 e. The minimum absolute atomic E-state index is 0.00157. The second kappa shape index (κ2) is 20.2. The lowest BCUT2D eigenvalue weighted by atomic mass is 10.2. The van der Waals surface area contributed by atoms with Crippen molar-refractivity contribution in [1.82, 2.24) is 30.3 Å². The monoisotopic (exact) mass is 670 g/mol. The molecule has 0 aromatic carbocycles. The third-order valence-corrected chi connectivity index (χ3v) is 7.20. The number of hydrogen-bond acceptors (Lipinski definition) is 18. The molecule has 0 saturated carbocycles. The van der Waals surface area contributed by atoms with E-state index in [1.54, 1.807) is 0 Å². The molecule has 6 aliphatic heterocycles. The molecule has 48 heavy (non-hydrogen) atoms. The first kappa shape index (κ1) is 37.3. The van der Waals surface area contributed by atoms with Crippen LogP contribution in [0.2, 0.25) is 0 Å². The molecule has 10 N–H and O–H groups in total. The number of aromatic nitrogens is 3. The van der Waals surface area contributed by atoms with E-state index in [1.165, 1.54) is 58.8 Å². The van der Waals surface area contributed by atoms with Gasteiger partial charge in [-0.25, -0.2) is 0 Å². The average Bonchev–Trinajstić information content (AvgIpc) is 3.91. The topological polar surface area (TPSA) is 299 Å². The highest BCUT2D eigenvalue weighted by atomic mass is 16.5. The number of rotatable bonds is 5. The predicted molar refractivity (Wildman–Crippen MR) is 183 cm³/mol. The maximum atomic E-state index is 11.7. The number of carbonyl (C=O) groups excluding carboxylic acids is 3. The summed E-state index contributed by atoms with van der Waals surface area (Å²) in [6.45, 7) is 9.25. The standard InChI is InChI=1S/C8H12N4O.C8H14N4.C4H6N4O.C4H5N3O2.C4H9N/c9-7-5-6(10-11-7)8(13)12-3-1-2-4-12;9-8-5-7(10-11-8)6-12-3-1-2-4-12;1-2(9)3-6-4(5)8-7-3;5-3-1-4(7-6-3)9-2-8;1-2-4-5-3-1/h1-5H2,(H2,9,11);1-6H2,(H2,9,11);1H3,(H3,5,6,7,8);2H,1H2,(H2,5,6);5H,1-4H2. The number of nitrogens with zero attached hydrogens (tertiary/aromatic N) is 10. The number of Topliss-reactive ketones (excluding diaryl/α,β-unsaturated/α-hetero) is 1. The smallest absolute Gasteiger partial charge is 0.299 e. The van der Waals surface area contributed by atoms with E-state index in [0.717, 1.165) is 44.6 Å². The molecule has 0 bridgehead atoms. The van der Waals surface area contributed by atoms with Gasteiger partial charge in [-0.2, -0.15) is 10.1 Å². The van der Waals surface area contributed by atoms with E-state index in [1.807, 2.05) is 4.90 Å². The SMILES string of the molecule is C1CCNC1.CC(=O)c1nc(N)n[nH]1.NC1=NN=C(C(=O)N2CCCC2)C1.NC1=NN=C(CN2CCCC2)C1.NC1=NN=C(OC=O)C1. The summed E-state index contributed by atoms with van der Waals surface area (Å²) in [5.41, 5.74) is 22.9. The van der Waals surface area contributed by atoms with Crippen molar-refractivity contribution in [3.05, 3.63) is 5.82 Å². The number of H-pyrrole nitrogens is 1. The zero-order chi connectivity index (χ0) is 34.7. The van der Waals surface area contributed by atoms with Gasteiger partial charge >= 0.3 is 0 Å². The molecule has 0 radical (unpaired) electrons. The molecule has 0 atom stereocenters. The quantitative estimate of drug-likeness (QED) is 0.164. The normalized spacial score (nSPS) is 19.3. The Kier molecular flexibility index (Phi) is 15.7. The molecule has 1 aromatic rings. The lowest BCUT2D eigenvalue weighted by molar-refractivity contribution is -0.123. The number of nitrogen functional groups attached to an aromatic ring is 1. The number of carbonyl (C=O) groups is 3. The van der Waals surface area contributed by atoms with Gasteiger partial charge in [-0.05, 0) is 64.7 Å². The van der Waals surface area contributed by atoms with Gasteiger partial charge in [0.1, 0.15) is 23.2 Å². The number of ketones is 1. The third-order valence-electron chi connectivity index (χ3n) is 7.20. The molecule has 262 valence electrons. The highest BCUT2D eigenvalue weighted by Gasteiger charge is 2.25. The van der Waals surface area contributed by atoms with Gasteiger partial charge in [0.2, 0.25) is 11.8 Å². The molecular weight excluding hydrogens is 624 g/mol. The van der Waals surface area contributed by atoms with Gasteiger partial charge in [0, 0.05) is 33.0 Å². The maximum Gasteiger partial charge on any atom is 0.299 e. The summed E-state index contributed by atoms with van der Waals surface area (Å²) in [6, 6.07) is 0. The summed E-state index contributed by atoms with van der Waals surface area (Å²) < 4.78 is 4.35. The van der Waals surface area contributed by atoms with Crippen LogP contribution in [0.15, 0.2) is 30.6 Å². The fourth-order valence-corrected chi connectivity index (χ4v) is 4.81. The number of nitrogens with two attached hydrogens (primary N) is 4. The van der Waals surface area contributed by atoms with E-state index >= 15 is 0 Å². The van der Waals surface area contributed by atoms with Gasteiger partial charge in [0.25, 0.3) is 12.4 Å². The Morgan fingerprint density at radius 2 is 1.40 bits per heavy atom. The van der Waals surface area contributed by atoms with Crippen LogP contribution in [0, 0.1) is 0 Å². The molecule has 7 heterocycles. The molecular formula is C28H46N16O4. The van der Waals surface area contributed by atoms with Crippen molar-refractivity contribution in [3.63, 3.8) is 0 Å². The Balaban J connectivity index is 0.000000167. The fraction of sp³-hybridized carbons (Fsp3) is 0.607. The van der Waals surface area contributed by atoms with Gasteiger partial charge in [-0.15, -0.1) is 30.6 Å². The van der Waals surface area contributed by atoms with Crippen LogP contribution in [0.4, 0.5) is 5.95 Å². The number of amides is 1. The first-order valence-electron chi connectivity index (χ1n) is 15.8. The second-order valence-corrected chi connectivity index (χ2v) is 11.3. The minimum Gasteiger partial charge on any atom is -0.412 e. The van der Waals surface area contributed by atoms with Crippen molar-refractivity contribution in [2.45, 2.75) is 64.7 Å². The molecule has 7 rings (SSSR count). The number of amidine groups is 3. The Hall–Kier alpha value is -5.11. The van der Waals surface area contributed by atoms with Crippen molar-refractivity contribution in [2.75, 3.05) is 51.5 Å². The first-order chi connectivity index (χ1) is 23.1. The highest BCUT2D eigenvalue weighted by Crippen LogP contribution is 2.11. The Labute approximate surface area is 278 Å². The van der Waals surface area contributed by atoms with Crippen molar-refractivity contribution >= 4 is 58.9 Å². The van der Waals surface area contributed by atoms with E-state index < -0.39 is 0 Å². The Morgan fingerprint density at radius 1 is 0.792 bits per heavy atom. The molecule has 3 saturated heterocycles. The van der Waals surface area contributed by atoms with Gasteiger partial charge in [-0.3, -0.25) is 24.4 Å². The van der Waals surface area contributed by atoms with Gasteiger partial charge in [-0.1, -0.05) is 0 Å². The van der Waals surface area contributed by atoms with Crippen LogP contribution in [-0.2, 0) is 14.3 Å². The Morgan fingerprint density at radius 3 is 1.83 bits per heavy atom. The first-order valence-corrected chi connectivity index (χ1v) is 15.8. The summed E-state index contributed by atoms with van der Waals surface area (Å²) in [6.07, 6.45) is 9.13. The van der Waals surface area contributed by atoms with Crippen LogP contribution >= 0.6 is 0 Å². The summed E-state index contributed by atoms with van der Waals surface area (Å²) in [7, 11) is 0. The minimum atomic E-state index is -0.167. The number of anilines is 1. The zero-order valence-corrected chi connectivity index (χ0v) is 27.3. The number of nitrogens with one attached hydrogen (secondary N) is 2. The predicted octanol–water partition coefficient (Wildman–Crippen LogP) is -0.882. The average molecular weight is 671 g/mol. The molecule has 1 aromatic heterocycles. The lowest BCUT2D eigenvalue weighted by Crippen LogP contribution is -2.34. The van der Waals surface area contributed by atoms with E-state index in [2.05, 4.69) is 60.7 Å². The molecule has 1 amide bonds. The van der Waals surface area contributed by atoms with Crippen LogP contribution < -0.4 is 28.3 Å². The van der Waals surface area contributed by atoms with Gasteiger partial charge < -0.3 is 37.9 Å². The van der Waals surface area contributed by atoms with E-state index in [4.69, 9.17) is 22.9 Å². The maximum absolute atomic E-state index is 11.7. The van der Waals surface area contributed by atoms with E-state index in [0.29, 0.717) is 42.5 Å². The van der Waals surface area contributed by atoms with Crippen molar-refractivity contribution in [3.8, 4) is 0 Å². The molecule has 20 heteroatoms. The lowest BCUT2D eigenvalue weighted by Gasteiger charge is -2.13. The van der Waals surface area contributed by atoms with Crippen molar-refractivity contribution in [1.29, 1.82) is 0 Å². The molecule has 0 spiro atoms. The number of ether oxygens (including phenoxy) is 1. The van der Waals surface area contributed by atoms with Crippen molar-refractivity contribution < 1.29 is 19.1 Å². The molecule has 0 aliphatic carbocycles. The number of aromatic amines is 1. The molecule has 20 nitrogen and oxygen atoms in total. The fourth-order valence-electron chi connectivity index (χ4n) is 4.81. The van der Waals surface area contributed by atoms with Crippen molar-refractivity contribution in [2.24, 2.45) is 47.8 Å². The third kappa shape index (κ3) is 13.7. The second-order valence-electron chi connectivity index (χ2n) is 11.3.